The van der Waals surface area contributed by atoms with Crippen molar-refractivity contribution in [3.63, 3.8) is 0 Å². The highest BCUT2D eigenvalue weighted by Gasteiger charge is 2.13. The van der Waals surface area contributed by atoms with E-state index in [0.717, 1.165) is 16.7 Å². The highest BCUT2D eigenvalue weighted by atomic mass is 35.5. The minimum atomic E-state index is -0.565. The lowest BCUT2D eigenvalue weighted by Crippen LogP contribution is -2.21. The highest BCUT2D eigenvalue weighted by Crippen LogP contribution is 2.32. The lowest BCUT2D eigenvalue weighted by atomic mass is 10.1. The summed E-state index contributed by atoms with van der Waals surface area (Å²) >= 11 is 5.96. The van der Waals surface area contributed by atoms with Gasteiger partial charge in [0.05, 0.1) is 12.7 Å². The summed E-state index contributed by atoms with van der Waals surface area (Å²) in [5, 5.41) is 14.4. The molecule has 4 nitrogen and oxygen atoms in total. The van der Waals surface area contributed by atoms with Crippen molar-refractivity contribution < 1.29 is 14.6 Å². The standard InChI is InChI=1S/C24H26ClNO3.ClH/c1-2-28-23-10-6-9-20(15-26-16-22(27)19-7-4-3-5-8-19)24(23)29-17-18-11-13-21(25)14-12-18;/h3-14,22,26-27H,2,15-17H2,1H3;1H. The van der Waals surface area contributed by atoms with E-state index >= 15 is 0 Å². The second kappa shape index (κ2) is 12.5. The van der Waals surface area contributed by atoms with Crippen LogP contribution in [0.3, 0.4) is 0 Å². The average Bonchev–Trinajstić information content (AvgIpc) is 2.75. The maximum atomic E-state index is 10.4. The molecule has 1 atom stereocenters. The fourth-order valence-corrected chi connectivity index (χ4v) is 3.13. The van der Waals surface area contributed by atoms with Gasteiger partial charge in [-0.1, -0.05) is 66.2 Å². The molecule has 0 aliphatic rings. The quantitative estimate of drug-likeness (QED) is 0.426. The molecule has 0 fully saturated rings. The summed E-state index contributed by atoms with van der Waals surface area (Å²) in [4.78, 5) is 0. The minimum absolute atomic E-state index is 0. The first kappa shape index (κ1) is 24.0. The Balaban J connectivity index is 0.00000320. The summed E-state index contributed by atoms with van der Waals surface area (Å²) in [6.07, 6.45) is -0.565. The smallest absolute Gasteiger partial charge is 0.166 e. The van der Waals surface area contributed by atoms with Gasteiger partial charge in [-0.25, -0.2) is 0 Å². The first-order valence-electron chi connectivity index (χ1n) is 9.73. The first-order chi connectivity index (χ1) is 14.2. The molecule has 0 heterocycles. The first-order valence-corrected chi connectivity index (χ1v) is 10.1. The Kier molecular flexibility index (Phi) is 9.98. The van der Waals surface area contributed by atoms with E-state index in [1.807, 2.05) is 79.7 Å². The van der Waals surface area contributed by atoms with Crippen molar-refractivity contribution in [1.29, 1.82) is 0 Å². The Morgan fingerprint density at radius 1 is 0.933 bits per heavy atom. The normalized spacial score (nSPS) is 11.4. The van der Waals surface area contributed by atoms with E-state index < -0.39 is 6.10 Å². The number of benzene rings is 3. The molecular weight excluding hydrogens is 421 g/mol. The van der Waals surface area contributed by atoms with Gasteiger partial charge in [-0.15, -0.1) is 12.4 Å². The third kappa shape index (κ3) is 6.92. The van der Waals surface area contributed by atoms with E-state index in [1.165, 1.54) is 0 Å². The molecule has 3 rings (SSSR count). The third-order valence-electron chi connectivity index (χ3n) is 4.49. The molecule has 160 valence electrons. The van der Waals surface area contributed by atoms with E-state index in [4.69, 9.17) is 21.1 Å². The van der Waals surface area contributed by atoms with E-state index in [2.05, 4.69) is 5.32 Å². The van der Waals surface area contributed by atoms with Crippen molar-refractivity contribution in [2.45, 2.75) is 26.2 Å². The molecule has 0 saturated heterocycles. The molecule has 0 spiro atoms. The van der Waals surface area contributed by atoms with Gasteiger partial charge in [0, 0.05) is 23.7 Å². The molecule has 3 aromatic carbocycles. The second-order valence-corrected chi connectivity index (χ2v) is 7.09. The van der Waals surface area contributed by atoms with Gasteiger partial charge in [0.1, 0.15) is 6.61 Å². The highest BCUT2D eigenvalue weighted by molar-refractivity contribution is 6.30. The van der Waals surface area contributed by atoms with Gasteiger partial charge < -0.3 is 19.9 Å². The molecule has 30 heavy (non-hydrogen) atoms. The van der Waals surface area contributed by atoms with Crippen LogP contribution in [0.5, 0.6) is 11.5 Å². The van der Waals surface area contributed by atoms with Crippen molar-refractivity contribution in [3.8, 4) is 11.5 Å². The molecule has 2 N–H and O–H groups in total. The van der Waals surface area contributed by atoms with E-state index in [0.29, 0.717) is 42.8 Å². The number of para-hydroxylation sites is 1. The molecule has 1 unspecified atom stereocenters. The zero-order valence-corrected chi connectivity index (χ0v) is 18.5. The molecule has 0 aliphatic carbocycles. The van der Waals surface area contributed by atoms with Gasteiger partial charge in [0.15, 0.2) is 11.5 Å². The Hall–Kier alpha value is -2.24. The van der Waals surface area contributed by atoms with Crippen molar-refractivity contribution in [2.75, 3.05) is 13.2 Å². The Morgan fingerprint density at radius 3 is 2.37 bits per heavy atom. The number of hydrogen-bond donors (Lipinski definition) is 2. The van der Waals surface area contributed by atoms with Gasteiger partial charge in [-0.05, 0) is 36.2 Å². The zero-order chi connectivity index (χ0) is 20.5. The predicted octanol–water partition coefficient (Wildman–Crippen LogP) is 5.56. The molecule has 0 radical (unpaired) electrons. The maximum absolute atomic E-state index is 10.4. The number of nitrogens with one attached hydrogen (secondary N) is 1. The molecular formula is C24H27Cl2NO3. The molecule has 0 amide bonds. The van der Waals surface area contributed by atoms with Gasteiger partial charge in [-0.3, -0.25) is 0 Å². The van der Waals surface area contributed by atoms with Crippen molar-refractivity contribution >= 4 is 24.0 Å². The monoisotopic (exact) mass is 447 g/mol. The topological polar surface area (TPSA) is 50.7 Å². The molecule has 0 saturated carbocycles. The van der Waals surface area contributed by atoms with Crippen LogP contribution in [0.1, 0.15) is 29.7 Å². The Labute approximate surface area is 189 Å². The van der Waals surface area contributed by atoms with Crippen molar-refractivity contribution in [2.24, 2.45) is 0 Å². The van der Waals surface area contributed by atoms with Gasteiger partial charge in [0.2, 0.25) is 0 Å². The summed E-state index contributed by atoms with van der Waals surface area (Å²) in [7, 11) is 0. The molecule has 0 bridgehead atoms. The van der Waals surface area contributed by atoms with Crippen LogP contribution in [0.25, 0.3) is 0 Å². The minimum Gasteiger partial charge on any atom is -0.490 e. The van der Waals surface area contributed by atoms with Crippen LogP contribution in [0, 0.1) is 0 Å². The molecule has 0 aromatic heterocycles. The fourth-order valence-electron chi connectivity index (χ4n) is 3.01. The van der Waals surface area contributed by atoms with E-state index in [9.17, 15) is 5.11 Å². The molecule has 6 heteroatoms. The molecule has 3 aromatic rings. The predicted molar refractivity (Wildman–Crippen MR) is 124 cm³/mol. The number of aliphatic hydroxyl groups is 1. The number of ether oxygens (including phenoxy) is 2. The third-order valence-corrected chi connectivity index (χ3v) is 4.75. The van der Waals surface area contributed by atoms with Crippen LogP contribution >= 0.6 is 24.0 Å². The lowest BCUT2D eigenvalue weighted by molar-refractivity contribution is 0.174. The van der Waals surface area contributed by atoms with Crippen LogP contribution in [0.15, 0.2) is 72.8 Å². The van der Waals surface area contributed by atoms with Crippen LogP contribution in [-0.4, -0.2) is 18.3 Å². The number of aliphatic hydroxyl groups excluding tert-OH is 1. The van der Waals surface area contributed by atoms with E-state index in [-0.39, 0.29) is 12.4 Å². The Morgan fingerprint density at radius 2 is 1.67 bits per heavy atom. The van der Waals surface area contributed by atoms with E-state index in [1.54, 1.807) is 0 Å². The van der Waals surface area contributed by atoms with Gasteiger partial charge in [0.25, 0.3) is 0 Å². The summed E-state index contributed by atoms with van der Waals surface area (Å²) in [6, 6.07) is 23.1. The van der Waals surface area contributed by atoms with Gasteiger partial charge in [-0.2, -0.15) is 0 Å². The summed E-state index contributed by atoms with van der Waals surface area (Å²) in [5.74, 6) is 1.43. The molecule has 0 aliphatic heterocycles. The largest absolute Gasteiger partial charge is 0.490 e. The van der Waals surface area contributed by atoms with Crippen LogP contribution in [0.4, 0.5) is 0 Å². The maximum Gasteiger partial charge on any atom is 0.166 e. The number of halogens is 2. The Bertz CT molecular complexity index is 889. The summed E-state index contributed by atoms with van der Waals surface area (Å²) in [5.41, 5.74) is 2.89. The average molecular weight is 448 g/mol. The van der Waals surface area contributed by atoms with Crippen molar-refractivity contribution in [3.05, 3.63) is 94.5 Å². The second-order valence-electron chi connectivity index (χ2n) is 6.65. The SMILES string of the molecule is CCOc1cccc(CNCC(O)c2ccccc2)c1OCc1ccc(Cl)cc1.Cl. The fraction of sp³-hybridized carbons (Fsp3) is 0.250. The number of rotatable bonds is 10. The zero-order valence-electron chi connectivity index (χ0n) is 16.9. The number of hydrogen-bond acceptors (Lipinski definition) is 4. The van der Waals surface area contributed by atoms with Crippen LogP contribution in [0.2, 0.25) is 5.02 Å². The van der Waals surface area contributed by atoms with Crippen LogP contribution in [-0.2, 0) is 13.2 Å². The van der Waals surface area contributed by atoms with Gasteiger partial charge >= 0.3 is 0 Å². The lowest BCUT2D eigenvalue weighted by Gasteiger charge is -2.17. The summed E-state index contributed by atoms with van der Waals surface area (Å²) in [6.45, 7) is 3.92. The summed E-state index contributed by atoms with van der Waals surface area (Å²) < 4.78 is 11.9. The van der Waals surface area contributed by atoms with Crippen LogP contribution < -0.4 is 14.8 Å². The van der Waals surface area contributed by atoms with Crippen molar-refractivity contribution in [1.82, 2.24) is 5.32 Å².